The molecule has 2 heterocycles. The summed E-state index contributed by atoms with van der Waals surface area (Å²) >= 11 is 0. The highest BCUT2D eigenvalue weighted by molar-refractivity contribution is 5.49. The van der Waals surface area contributed by atoms with Gasteiger partial charge in [0.15, 0.2) is 0 Å². The first kappa shape index (κ1) is 22.2. The molecule has 2 aliphatic rings. The topological polar surface area (TPSA) is 43.5 Å². The predicted molar refractivity (Wildman–Crippen MR) is 124 cm³/mol. The highest BCUT2D eigenvalue weighted by atomic mass is 16.6. The second-order valence-corrected chi connectivity index (χ2v) is 9.65. The molecular weight excluding hydrogens is 388 g/mol. The van der Waals surface area contributed by atoms with Crippen LogP contribution in [0.25, 0.3) is 0 Å². The van der Waals surface area contributed by atoms with Crippen molar-refractivity contribution in [2.24, 2.45) is 0 Å². The quantitative estimate of drug-likeness (QED) is 0.459. The zero-order chi connectivity index (χ0) is 22.1. The summed E-state index contributed by atoms with van der Waals surface area (Å²) in [5.41, 5.74) is 7.85. The van der Waals surface area contributed by atoms with Gasteiger partial charge in [0.25, 0.3) is 0 Å². The number of ether oxygens (including phenoxy) is 4. The van der Waals surface area contributed by atoms with Crippen LogP contribution in [-0.4, -0.2) is 38.6 Å². The molecule has 168 valence electrons. The molecule has 0 radical (unpaired) electrons. The number of hydrogen-bond donors (Lipinski definition) is 0. The van der Waals surface area contributed by atoms with E-state index in [1.54, 1.807) is 0 Å². The van der Waals surface area contributed by atoms with E-state index in [4.69, 9.17) is 18.9 Å². The Morgan fingerprint density at radius 3 is 1.45 bits per heavy atom. The lowest BCUT2D eigenvalue weighted by molar-refractivity contribution is 0.261. The predicted octanol–water partition coefficient (Wildman–Crippen LogP) is 5.70. The van der Waals surface area contributed by atoms with Gasteiger partial charge in [-0.3, -0.25) is 0 Å². The third-order valence-electron chi connectivity index (χ3n) is 6.15. The molecule has 4 rings (SSSR count). The van der Waals surface area contributed by atoms with Crippen molar-refractivity contribution in [3.8, 4) is 11.5 Å². The van der Waals surface area contributed by atoms with Crippen molar-refractivity contribution in [1.82, 2.24) is 0 Å². The molecule has 2 unspecified atom stereocenters. The molecule has 0 amide bonds. The first-order valence-electron chi connectivity index (χ1n) is 11.6. The van der Waals surface area contributed by atoms with E-state index >= 15 is 0 Å². The van der Waals surface area contributed by atoms with E-state index in [-0.39, 0.29) is 12.2 Å². The van der Waals surface area contributed by atoms with E-state index in [1.807, 2.05) is 0 Å². The Bertz CT molecular complexity index is 848. The standard InChI is InChI=1S/C27H36O4/c1-16(2)24-10-26(30-14-22-12-28-22)18(5)7-20(24)9-21-8-19(6)27(11-25(21)17(3)4)31-15-23-13-29-23/h7-8,10-11,16-17,22-23H,9,12-15H2,1-6H3. The van der Waals surface area contributed by atoms with Gasteiger partial charge in [-0.25, -0.2) is 0 Å². The lowest BCUT2D eigenvalue weighted by Crippen LogP contribution is -2.09. The van der Waals surface area contributed by atoms with Gasteiger partial charge in [-0.2, -0.15) is 0 Å². The van der Waals surface area contributed by atoms with Crippen LogP contribution >= 0.6 is 0 Å². The molecule has 2 aromatic rings. The van der Waals surface area contributed by atoms with Gasteiger partial charge < -0.3 is 18.9 Å². The Labute approximate surface area is 186 Å². The molecule has 0 bridgehead atoms. The number of hydrogen-bond acceptors (Lipinski definition) is 4. The average Bonchev–Trinajstić information content (AvgIpc) is 3.60. The first-order chi connectivity index (χ1) is 14.8. The van der Waals surface area contributed by atoms with Gasteiger partial charge in [0.05, 0.1) is 13.2 Å². The Balaban J connectivity index is 1.61. The van der Waals surface area contributed by atoms with E-state index in [9.17, 15) is 0 Å². The Kier molecular flexibility index (Phi) is 6.59. The van der Waals surface area contributed by atoms with E-state index in [0.29, 0.717) is 25.0 Å². The second kappa shape index (κ2) is 9.22. The van der Waals surface area contributed by atoms with Gasteiger partial charge in [-0.15, -0.1) is 0 Å². The number of aryl methyl sites for hydroxylation is 2. The Morgan fingerprint density at radius 1 is 0.742 bits per heavy atom. The fourth-order valence-electron chi connectivity index (χ4n) is 4.12. The molecule has 0 aromatic heterocycles. The van der Waals surface area contributed by atoms with Crippen molar-refractivity contribution in [3.63, 3.8) is 0 Å². The molecule has 2 fully saturated rings. The molecule has 0 N–H and O–H groups in total. The largest absolute Gasteiger partial charge is 0.491 e. The van der Waals surface area contributed by atoms with E-state index in [2.05, 4.69) is 65.8 Å². The minimum Gasteiger partial charge on any atom is -0.491 e. The van der Waals surface area contributed by atoms with Crippen LogP contribution < -0.4 is 9.47 Å². The lowest BCUT2D eigenvalue weighted by Gasteiger charge is -2.21. The minimum absolute atomic E-state index is 0.269. The van der Waals surface area contributed by atoms with Gasteiger partial charge in [0.2, 0.25) is 0 Å². The molecular formula is C27H36O4. The third-order valence-corrected chi connectivity index (χ3v) is 6.15. The molecule has 4 nitrogen and oxygen atoms in total. The van der Waals surface area contributed by atoms with E-state index in [1.165, 1.54) is 33.4 Å². The maximum atomic E-state index is 6.05. The second-order valence-electron chi connectivity index (χ2n) is 9.65. The van der Waals surface area contributed by atoms with Crippen molar-refractivity contribution in [3.05, 3.63) is 57.6 Å². The SMILES string of the molecule is Cc1cc(Cc2cc(C)c(OCC3CO3)cc2C(C)C)c(C(C)C)cc1OCC1CO1. The monoisotopic (exact) mass is 424 g/mol. The van der Waals surface area contributed by atoms with Crippen LogP contribution in [-0.2, 0) is 15.9 Å². The van der Waals surface area contributed by atoms with E-state index < -0.39 is 0 Å². The van der Waals surface area contributed by atoms with Crippen LogP contribution in [0.15, 0.2) is 24.3 Å². The first-order valence-corrected chi connectivity index (χ1v) is 11.6. The van der Waals surface area contributed by atoms with Gasteiger partial charge in [0, 0.05) is 0 Å². The number of epoxide rings is 2. The van der Waals surface area contributed by atoms with Crippen molar-refractivity contribution in [2.75, 3.05) is 26.4 Å². The van der Waals surface area contributed by atoms with Crippen LogP contribution in [0.2, 0.25) is 0 Å². The number of rotatable bonds is 10. The van der Waals surface area contributed by atoms with Gasteiger partial charge in [-0.1, -0.05) is 39.8 Å². The molecule has 2 atom stereocenters. The smallest absolute Gasteiger partial charge is 0.122 e. The number of benzene rings is 2. The van der Waals surface area contributed by atoms with Crippen LogP contribution in [0, 0.1) is 13.8 Å². The Morgan fingerprint density at radius 2 is 1.13 bits per heavy atom. The summed E-state index contributed by atoms with van der Waals surface area (Å²) in [6, 6.07) is 9.11. The van der Waals surface area contributed by atoms with Crippen LogP contribution in [0.3, 0.4) is 0 Å². The average molecular weight is 425 g/mol. The normalized spacial score (nSPS) is 19.7. The summed E-state index contributed by atoms with van der Waals surface area (Å²) in [6.07, 6.45) is 1.46. The maximum Gasteiger partial charge on any atom is 0.122 e. The molecule has 4 heteroatoms. The summed E-state index contributed by atoms with van der Waals surface area (Å²) in [6.45, 7) is 16.2. The summed E-state index contributed by atoms with van der Waals surface area (Å²) in [5.74, 6) is 2.82. The van der Waals surface area contributed by atoms with Crippen molar-refractivity contribution in [2.45, 2.75) is 72.0 Å². The zero-order valence-corrected chi connectivity index (χ0v) is 19.8. The molecule has 0 saturated carbocycles. The highest BCUT2D eigenvalue weighted by Crippen LogP contribution is 2.34. The third kappa shape index (κ3) is 5.61. The van der Waals surface area contributed by atoms with Gasteiger partial charge in [0.1, 0.15) is 36.9 Å². The Hall–Kier alpha value is -2.04. The molecule has 31 heavy (non-hydrogen) atoms. The minimum atomic E-state index is 0.269. The van der Waals surface area contributed by atoms with Crippen molar-refractivity contribution < 1.29 is 18.9 Å². The molecule has 0 spiro atoms. The summed E-state index contributed by atoms with van der Waals surface area (Å²) < 4.78 is 22.7. The van der Waals surface area contributed by atoms with Gasteiger partial charge in [-0.05, 0) is 77.6 Å². The zero-order valence-electron chi connectivity index (χ0n) is 19.8. The summed E-state index contributed by atoms with van der Waals surface area (Å²) in [7, 11) is 0. The summed E-state index contributed by atoms with van der Waals surface area (Å²) in [4.78, 5) is 0. The fraction of sp³-hybridized carbons (Fsp3) is 0.556. The molecule has 2 saturated heterocycles. The van der Waals surface area contributed by atoms with Gasteiger partial charge >= 0.3 is 0 Å². The molecule has 0 aliphatic carbocycles. The lowest BCUT2D eigenvalue weighted by atomic mass is 9.87. The summed E-state index contributed by atoms with van der Waals surface area (Å²) in [5, 5.41) is 0. The van der Waals surface area contributed by atoms with Crippen LogP contribution in [0.5, 0.6) is 11.5 Å². The van der Waals surface area contributed by atoms with Crippen molar-refractivity contribution in [1.29, 1.82) is 0 Å². The van der Waals surface area contributed by atoms with Crippen LogP contribution in [0.4, 0.5) is 0 Å². The van der Waals surface area contributed by atoms with E-state index in [0.717, 1.165) is 31.1 Å². The molecule has 2 aliphatic heterocycles. The van der Waals surface area contributed by atoms with Crippen molar-refractivity contribution >= 4 is 0 Å². The maximum absolute atomic E-state index is 6.05. The molecule has 2 aromatic carbocycles. The highest BCUT2D eigenvalue weighted by Gasteiger charge is 2.25. The van der Waals surface area contributed by atoms with Crippen LogP contribution in [0.1, 0.15) is 72.9 Å². The fourth-order valence-corrected chi connectivity index (χ4v) is 4.12.